The highest BCUT2D eigenvalue weighted by molar-refractivity contribution is 6.01. The highest BCUT2D eigenvalue weighted by Crippen LogP contribution is 2.27. The molecule has 1 heterocycles. The van der Waals surface area contributed by atoms with E-state index < -0.39 is 0 Å². The molecule has 1 aromatic rings. The molecule has 1 N–H and O–H groups in total. The number of rotatable bonds is 1. The predicted octanol–water partition coefficient (Wildman–Crippen LogP) is 3.61. The molecule has 1 saturated carbocycles. The number of hydrogen-bond acceptors (Lipinski definition) is 1. The first-order valence-corrected chi connectivity index (χ1v) is 7.25. The molecular weight excluding hydrogens is 220 g/mol. The molecule has 96 valence electrons. The normalized spacial score (nSPS) is 24.7. The van der Waals surface area contributed by atoms with Crippen molar-refractivity contribution in [3.63, 3.8) is 0 Å². The number of nitrogens with zero attached hydrogens (tertiary/aromatic N) is 1. The van der Waals surface area contributed by atoms with Crippen molar-refractivity contribution >= 4 is 11.4 Å². The topological polar surface area (TPSA) is 15.0 Å². The van der Waals surface area contributed by atoms with Gasteiger partial charge in [-0.15, -0.1) is 0 Å². The van der Waals surface area contributed by atoms with E-state index in [2.05, 4.69) is 48.0 Å². The van der Waals surface area contributed by atoms with Gasteiger partial charge in [-0.1, -0.05) is 18.6 Å². The molecule has 3 rings (SSSR count). The lowest BCUT2D eigenvalue weighted by atomic mass is 9.93. The third-order valence-corrected chi connectivity index (χ3v) is 4.45. The van der Waals surface area contributed by atoms with Gasteiger partial charge in [-0.2, -0.15) is 0 Å². The van der Waals surface area contributed by atoms with Gasteiger partial charge >= 0.3 is 0 Å². The first-order chi connectivity index (χ1) is 8.77. The second-order valence-corrected chi connectivity index (χ2v) is 5.65. The van der Waals surface area contributed by atoms with Gasteiger partial charge in [0.2, 0.25) is 6.17 Å². The molecule has 18 heavy (non-hydrogen) atoms. The van der Waals surface area contributed by atoms with E-state index in [0.717, 1.165) is 6.04 Å². The zero-order valence-electron chi connectivity index (χ0n) is 11.4. The fourth-order valence-corrected chi connectivity index (χ4v) is 3.60. The van der Waals surface area contributed by atoms with Gasteiger partial charge in [0.1, 0.15) is 0 Å². The maximum absolute atomic E-state index is 3.64. The summed E-state index contributed by atoms with van der Waals surface area (Å²) in [6, 6.07) is 9.41. The van der Waals surface area contributed by atoms with Gasteiger partial charge in [0, 0.05) is 26.7 Å². The number of nitrogens with one attached hydrogen (secondary N) is 1. The molecule has 1 fully saturated rings. The standard InChI is InChI=1S/C16H22N2/c1-12-15-10-6-7-11-16(15)17-13(2)18(12)14-8-4-3-5-9-14/h6-7,10-11,13-14H,3-5,8-9H2,1-2H3/p+1/t13-/m0/s1. The minimum atomic E-state index is 0.419. The minimum absolute atomic E-state index is 0.419. The zero-order chi connectivity index (χ0) is 12.5. The van der Waals surface area contributed by atoms with Gasteiger partial charge in [-0.25, -0.2) is 4.58 Å². The summed E-state index contributed by atoms with van der Waals surface area (Å²) < 4.78 is 2.61. The van der Waals surface area contributed by atoms with Gasteiger partial charge in [0.05, 0.1) is 11.3 Å². The summed E-state index contributed by atoms with van der Waals surface area (Å²) in [6.45, 7) is 4.57. The Morgan fingerprint density at radius 2 is 1.83 bits per heavy atom. The molecule has 0 bridgehead atoms. The Kier molecular flexibility index (Phi) is 3.11. The largest absolute Gasteiger partial charge is 0.328 e. The molecular formula is C16H23N2+. The first-order valence-electron chi connectivity index (χ1n) is 7.25. The van der Waals surface area contributed by atoms with Gasteiger partial charge in [-0.3, -0.25) is 0 Å². The predicted molar refractivity (Wildman–Crippen MR) is 76.4 cm³/mol. The molecule has 0 unspecified atom stereocenters. The minimum Gasteiger partial charge on any atom is -0.328 e. The van der Waals surface area contributed by atoms with Crippen LogP contribution in [0.1, 0.15) is 51.5 Å². The van der Waals surface area contributed by atoms with Gasteiger partial charge < -0.3 is 5.32 Å². The number of benzene rings is 1. The maximum atomic E-state index is 3.64. The smallest absolute Gasteiger partial charge is 0.223 e. The summed E-state index contributed by atoms with van der Waals surface area (Å²) >= 11 is 0. The lowest BCUT2D eigenvalue weighted by Crippen LogP contribution is -2.45. The lowest BCUT2D eigenvalue weighted by Gasteiger charge is -2.30. The third kappa shape index (κ3) is 1.94. The van der Waals surface area contributed by atoms with Crippen molar-refractivity contribution in [2.75, 3.05) is 5.32 Å². The molecule has 0 aromatic heterocycles. The maximum Gasteiger partial charge on any atom is 0.223 e. The van der Waals surface area contributed by atoms with Gasteiger partial charge in [0.15, 0.2) is 11.8 Å². The number of anilines is 1. The van der Waals surface area contributed by atoms with E-state index in [4.69, 9.17) is 0 Å². The van der Waals surface area contributed by atoms with Crippen molar-refractivity contribution in [2.24, 2.45) is 0 Å². The van der Waals surface area contributed by atoms with E-state index in [9.17, 15) is 0 Å². The monoisotopic (exact) mass is 243 g/mol. The van der Waals surface area contributed by atoms with Crippen molar-refractivity contribution in [3.8, 4) is 0 Å². The zero-order valence-corrected chi connectivity index (χ0v) is 11.4. The van der Waals surface area contributed by atoms with Crippen LogP contribution in [0.2, 0.25) is 0 Å². The lowest BCUT2D eigenvalue weighted by molar-refractivity contribution is -0.596. The Morgan fingerprint density at radius 3 is 2.61 bits per heavy atom. The fourth-order valence-electron chi connectivity index (χ4n) is 3.60. The highest BCUT2D eigenvalue weighted by atomic mass is 15.2. The van der Waals surface area contributed by atoms with Crippen molar-refractivity contribution < 1.29 is 4.58 Å². The van der Waals surface area contributed by atoms with Crippen LogP contribution in [0.4, 0.5) is 5.69 Å². The molecule has 1 atom stereocenters. The van der Waals surface area contributed by atoms with Crippen LogP contribution in [-0.2, 0) is 0 Å². The Balaban J connectivity index is 2.01. The van der Waals surface area contributed by atoms with Crippen LogP contribution in [-0.4, -0.2) is 22.5 Å². The number of fused-ring (bicyclic) bond motifs is 1. The van der Waals surface area contributed by atoms with Crippen LogP contribution in [0.25, 0.3) is 0 Å². The molecule has 0 radical (unpaired) electrons. The Morgan fingerprint density at radius 1 is 1.11 bits per heavy atom. The van der Waals surface area contributed by atoms with Crippen molar-refractivity contribution in [1.29, 1.82) is 0 Å². The van der Waals surface area contributed by atoms with Crippen LogP contribution in [0.5, 0.6) is 0 Å². The number of para-hydroxylation sites is 1. The molecule has 1 aromatic carbocycles. The number of hydrogen-bond donors (Lipinski definition) is 1. The molecule has 2 heteroatoms. The summed E-state index contributed by atoms with van der Waals surface area (Å²) in [5.41, 5.74) is 4.11. The molecule has 0 spiro atoms. The van der Waals surface area contributed by atoms with E-state index in [0.29, 0.717) is 6.17 Å². The summed E-state index contributed by atoms with van der Waals surface area (Å²) in [6.07, 6.45) is 7.33. The molecule has 2 nitrogen and oxygen atoms in total. The summed E-state index contributed by atoms with van der Waals surface area (Å²) in [4.78, 5) is 0. The molecule has 2 aliphatic rings. The van der Waals surface area contributed by atoms with E-state index in [1.165, 1.54) is 49.1 Å². The van der Waals surface area contributed by atoms with Crippen LogP contribution < -0.4 is 5.32 Å². The molecule has 0 saturated heterocycles. The second-order valence-electron chi connectivity index (χ2n) is 5.65. The molecule has 1 aliphatic carbocycles. The first kappa shape index (κ1) is 11.8. The average Bonchev–Trinajstić information content (AvgIpc) is 2.40. The van der Waals surface area contributed by atoms with E-state index >= 15 is 0 Å². The summed E-state index contributed by atoms with van der Waals surface area (Å²) in [5, 5.41) is 3.64. The fraction of sp³-hybridized carbons (Fsp3) is 0.562. The van der Waals surface area contributed by atoms with Crippen LogP contribution >= 0.6 is 0 Å². The third-order valence-electron chi connectivity index (χ3n) is 4.45. The van der Waals surface area contributed by atoms with Crippen LogP contribution in [0, 0.1) is 0 Å². The van der Waals surface area contributed by atoms with Crippen molar-refractivity contribution in [3.05, 3.63) is 29.8 Å². The van der Waals surface area contributed by atoms with E-state index in [1.807, 2.05) is 0 Å². The van der Waals surface area contributed by atoms with E-state index in [-0.39, 0.29) is 0 Å². The van der Waals surface area contributed by atoms with Gasteiger partial charge in [-0.05, 0) is 25.0 Å². The Bertz CT molecular complexity index is 470. The summed E-state index contributed by atoms with van der Waals surface area (Å²) in [5.74, 6) is 0. The van der Waals surface area contributed by atoms with Crippen molar-refractivity contribution in [1.82, 2.24) is 0 Å². The van der Waals surface area contributed by atoms with Crippen molar-refractivity contribution in [2.45, 2.75) is 58.2 Å². The summed E-state index contributed by atoms with van der Waals surface area (Å²) in [7, 11) is 0. The van der Waals surface area contributed by atoms with Crippen LogP contribution in [0.15, 0.2) is 24.3 Å². The van der Waals surface area contributed by atoms with Gasteiger partial charge in [0.25, 0.3) is 0 Å². The van der Waals surface area contributed by atoms with Crippen LogP contribution in [0.3, 0.4) is 0 Å². The Hall–Kier alpha value is -1.31. The average molecular weight is 243 g/mol. The Labute approximate surface area is 110 Å². The molecule has 1 aliphatic heterocycles. The molecule has 0 amide bonds. The quantitative estimate of drug-likeness (QED) is 0.745. The SMILES string of the molecule is CC1=[N+](C2CCCCC2)[C@@H](C)Nc2ccccc21. The second kappa shape index (κ2) is 4.75. The van der Waals surface area contributed by atoms with E-state index in [1.54, 1.807) is 0 Å². The highest BCUT2D eigenvalue weighted by Gasteiger charge is 2.34.